The van der Waals surface area contributed by atoms with Gasteiger partial charge in [-0.25, -0.2) is 0 Å². The van der Waals surface area contributed by atoms with E-state index in [0.717, 1.165) is 0 Å². The van der Waals surface area contributed by atoms with Crippen LogP contribution < -0.4 is 5.32 Å². The number of carbonyl (C=O) groups excluding carboxylic acids is 1. The van der Waals surface area contributed by atoms with Gasteiger partial charge >= 0.3 is 0 Å². The number of nitrogens with zero attached hydrogens (tertiary/aromatic N) is 3. The summed E-state index contributed by atoms with van der Waals surface area (Å²) in [5.41, 5.74) is 7.89. The summed E-state index contributed by atoms with van der Waals surface area (Å²) in [4.78, 5) is 13.4. The normalized spacial score (nSPS) is 9.00. The van der Waals surface area contributed by atoms with Crippen molar-refractivity contribution in [3.05, 3.63) is 10.4 Å². The molecular weight excluding hydrogens is 144 g/mol. The molecule has 62 valence electrons. The molecule has 0 fully saturated rings. The molecule has 0 atom stereocenters. The Morgan fingerprint density at radius 1 is 1.73 bits per heavy atom. The number of nitrogens with one attached hydrogen (secondary N) is 1. The van der Waals surface area contributed by atoms with Gasteiger partial charge in [0, 0.05) is 23.9 Å². The van der Waals surface area contributed by atoms with E-state index in [9.17, 15) is 4.79 Å². The van der Waals surface area contributed by atoms with Crippen molar-refractivity contribution in [2.75, 3.05) is 6.54 Å². The van der Waals surface area contributed by atoms with Crippen LogP contribution in [0.2, 0.25) is 0 Å². The lowest BCUT2D eigenvalue weighted by atomic mass is 10.3. The highest BCUT2D eigenvalue weighted by molar-refractivity contribution is 5.76. The summed E-state index contributed by atoms with van der Waals surface area (Å²) in [5.74, 6) is -0.0765. The lowest BCUT2D eigenvalue weighted by Gasteiger charge is -2.05. The van der Waals surface area contributed by atoms with Crippen molar-refractivity contribution >= 4 is 5.91 Å². The molecule has 0 unspecified atom stereocenters. The molecule has 0 aliphatic rings. The average molecular weight is 156 g/mol. The van der Waals surface area contributed by atoms with Gasteiger partial charge in [0.1, 0.15) is 0 Å². The first-order chi connectivity index (χ1) is 5.16. The predicted molar refractivity (Wildman–Crippen MR) is 41.9 cm³/mol. The number of hydrogen-bond acceptors (Lipinski definition) is 2. The maximum atomic E-state index is 10.8. The van der Waals surface area contributed by atoms with Gasteiger partial charge in [0.2, 0.25) is 5.91 Å². The summed E-state index contributed by atoms with van der Waals surface area (Å²) in [6.45, 7) is 3.99. The summed E-state index contributed by atoms with van der Waals surface area (Å²) >= 11 is 0. The number of rotatable bonds is 4. The van der Waals surface area contributed by atoms with Crippen LogP contribution in [-0.4, -0.2) is 18.5 Å². The smallest absolute Gasteiger partial charge is 0.220 e. The molecule has 0 heterocycles. The Morgan fingerprint density at radius 3 is 2.82 bits per heavy atom. The SMILES string of the molecule is CC(C)NC(=O)CCN=[N+]=[N-]. The van der Waals surface area contributed by atoms with E-state index in [1.165, 1.54) is 0 Å². The molecule has 0 aromatic rings. The van der Waals surface area contributed by atoms with Crippen molar-refractivity contribution in [1.29, 1.82) is 0 Å². The van der Waals surface area contributed by atoms with Crippen molar-refractivity contribution in [2.24, 2.45) is 5.11 Å². The monoisotopic (exact) mass is 156 g/mol. The Balaban J connectivity index is 3.45. The van der Waals surface area contributed by atoms with Crippen LogP contribution >= 0.6 is 0 Å². The third-order valence-corrected chi connectivity index (χ3v) is 0.952. The Morgan fingerprint density at radius 2 is 2.36 bits per heavy atom. The van der Waals surface area contributed by atoms with Gasteiger partial charge in [0.15, 0.2) is 0 Å². The predicted octanol–water partition coefficient (Wildman–Crippen LogP) is 1.21. The summed E-state index contributed by atoms with van der Waals surface area (Å²) in [5, 5.41) is 5.92. The highest BCUT2D eigenvalue weighted by atomic mass is 16.1. The molecule has 1 amide bonds. The summed E-state index contributed by atoms with van der Waals surface area (Å²) in [6.07, 6.45) is 0.266. The standard InChI is InChI=1S/C6H12N4O/c1-5(2)9-6(11)3-4-8-10-7/h5H,3-4H2,1-2H3,(H,9,11). The summed E-state index contributed by atoms with van der Waals surface area (Å²) in [7, 11) is 0. The van der Waals surface area contributed by atoms with Gasteiger partial charge in [0.05, 0.1) is 0 Å². The molecule has 0 aromatic carbocycles. The zero-order valence-corrected chi connectivity index (χ0v) is 6.74. The van der Waals surface area contributed by atoms with Crippen LogP contribution in [0, 0.1) is 0 Å². The number of azide groups is 1. The average Bonchev–Trinajstić information content (AvgIpc) is 1.86. The van der Waals surface area contributed by atoms with Crippen LogP contribution in [0.15, 0.2) is 5.11 Å². The minimum atomic E-state index is -0.0765. The van der Waals surface area contributed by atoms with Crippen LogP contribution in [0.5, 0.6) is 0 Å². The fourth-order valence-corrected chi connectivity index (χ4v) is 0.590. The molecule has 5 heteroatoms. The van der Waals surface area contributed by atoms with E-state index in [-0.39, 0.29) is 24.9 Å². The zero-order chi connectivity index (χ0) is 8.69. The first kappa shape index (κ1) is 9.78. The van der Waals surface area contributed by atoms with E-state index in [2.05, 4.69) is 15.3 Å². The molecule has 1 N–H and O–H groups in total. The third kappa shape index (κ3) is 6.67. The quantitative estimate of drug-likeness (QED) is 0.370. The van der Waals surface area contributed by atoms with Crippen molar-refractivity contribution in [2.45, 2.75) is 26.3 Å². The first-order valence-electron chi connectivity index (χ1n) is 3.47. The van der Waals surface area contributed by atoms with E-state index in [0.29, 0.717) is 0 Å². The summed E-state index contributed by atoms with van der Waals surface area (Å²) in [6, 6.07) is 0.147. The van der Waals surface area contributed by atoms with Gasteiger partial charge in [0.25, 0.3) is 0 Å². The lowest BCUT2D eigenvalue weighted by molar-refractivity contribution is -0.121. The van der Waals surface area contributed by atoms with Gasteiger partial charge in [-0.3, -0.25) is 4.79 Å². The van der Waals surface area contributed by atoms with Crippen molar-refractivity contribution in [3.63, 3.8) is 0 Å². The molecule has 11 heavy (non-hydrogen) atoms. The Bertz CT molecular complexity index is 171. The molecule has 0 aliphatic heterocycles. The van der Waals surface area contributed by atoms with Gasteiger partial charge in [-0.2, -0.15) is 0 Å². The second kappa shape index (κ2) is 5.56. The molecule has 0 saturated heterocycles. The third-order valence-electron chi connectivity index (χ3n) is 0.952. The molecule has 0 aliphatic carbocycles. The molecule has 5 nitrogen and oxygen atoms in total. The summed E-state index contributed by atoms with van der Waals surface area (Å²) < 4.78 is 0. The minimum absolute atomic E-state index is 0.0765. The van der Waals surface area contributed by atoms with Gasteiger partial charge in [-0.1, -0.05) is 5.11 Å². The fourth-order valence-electron chi connectivity index (χ4n) is 0.590. The Kier molecular flexibility index (Phi) is 4.94. The molecule has 0 spiro atoms. The van der Waals surface area contributed by atoms with Crippen molar-refractivity contribution < 1.29 is 4.79 Å². The fraction of sp³-hybridized carbons (Fsp3) is 0.833. The first-order valence-corrected chi connectivity index (χ1v) is 3.47. The maximum absolute atomic E-state index is 10.8. The second-order valence-corrected chi connectivity index (χ2v) is 2.43. The minimum Gasteiger partial charge on any atom is -0.354 e. The Labute approximate surface area is 65.4 Å². The highest BCUT2D eigenvalue weighted by Gasteiger charge is 2.00. The van der Waals surface area contributed by atoms with Crippen molar-refractivity contribution in [1.82, 2.24) is 5.32 Å². The molecule has 0 radical (unpaired) electrons. The number of amides is 1. The van der Waals surface area contributed by atoms with Gasteiger partial charge < -0.3 is 5.32 Å². The zero-order valence-electron chi connectivity index (χ0n) is 6.74. The van der Waals surface area contributed by atoms with Crippen LogP contribution in [0.1, 0.15) is 20.3 Å². The molecule has 0 aromatic heterocycles. The van der Waals surface area contributed by atoms with E-state index in [1.807, 2.05) is 13.8 Å². The van der Waals surface area contributed by atoms with Crippen LogP contribution in [0.3, 0.4) is 0 Å². The molecular formula is C6H12N4O. The van der Waals surface area contributed by atoms with E-state index < -0.39 is 0 Å². The molecule has 0 saturated carbocycles. The van der Waals surface area contributed by atoms with Gasteiger partial charge in [-0.15, -0.1) is 0 Å². The topological polar surface area (TPSA) is 77.9 Å². The maximum Gasteiger partial charge on any atom is 0.220 e. The lowest BCUT2D eigenvalue weighted by Crippen LogP contribution is -2.30. The van der Waals surface area contributed by atoms with Crippen molar-refractivity contribution in [3.8, 4) is 0 Å². The second-order valence-electron chi connectivity index (χ2n) is 2.43. The van der Waals surface area contributed by atoms with E-state index in [1.54, 1.807) is 0 Å². The van der Waals surface area contributed by atoms with Crippen LogP contribution in [0.4, 0.5) is 0 Å². The number of hydrogen-bond donors (Lipinski definition) is 1. The van der Waals surface area contributed by atoms with Crippen LogP contribution in [0.25, 0.3) is 10.4 Å². The molecule has 0 rings (SSSR count). The van der Waals surface area contributed by atoms with E-state index in [4.69, 9.17) is 5.53 Å². The number of carbonyl (C=O) groups is 1. The van der Waals surface area contributed by atoms with E-state index >= 15 is 0 Å². The highest BCUT2D eigenvalue weighted by Crippen LogP contribution is 1.84. The molecule has 0 bridgehead atoms. The Hall–Kier alpha value is -1.22. The largest absolute Gasteiger partial charge is 0.354 e. The van der Waals surface area contributed by atoms with Crippen LogP contribution in [-0.2, 0) is 4.79 Å². The van der Waals surface area contributed by atoms with Gasteiger partial charge in [-0.05, 0) is 19.4 Å².